The third kappa shape index (κ3) is 5.06. The van der Waals surface area contributed by atoms with Crippen molar-refractivity contribution in [2.75, 3.05) is 18.6 Å². The van der Waals surface area contributed by atoms with Crippen LogP contribution in [0, 0.1) is 5.92 Å². The van der Waals surface area contributed by atoms with Gasteiger partial charge in [0, 0.05) is 12.7 Å². The molecule has 1 aromatic heterocycles. The monoisotopic (exact) mass is 319 g/mol. The van der Waals surface area contributed by atoms with Gasteiger partial charge >= 0.3 is 0 Å². The van der Waals surface area contributed by atoms with Gasteiger partial charge in [-0.1, -0.05) is 19.1 Å². The van der Waals surface area contributed by atoms with Crippen LogP contribution in [0.3, 0.4) is 0 Å². The van der Waals surface area contributed by atoms with Crippen LogP contribution in [0.2, 0.25) is 0 Å². The van der Waals surface area contributed by atoms with E-state index in [-0.39, 0.29) is 15.8 Å². The maximum atomic E-state index is 12.0. The molecule has 0 aliphatic rings. The second-order valence-corrected chi connectivity index (χ2v) is 7.27. The van der Waals surface area contributed by atoms with Gasteiger partial charge in [0.25, 0.3) is 0 Å². The maximum Gasteiger partial charge on any atom is 0.242 e. The van der Waals surface area contributed by atoms with Crippen LogP contribution in [-0.2, 0) is 10.0 Å². The summed E-state index contributed by atoms with van der Waals surface area (Å²) in [7, 11) is -3.52. The third-order valence-corrected chi connectivity index (χ3v) is 4.89. The van der Waals surface area contributed by atoms with Crippen LogP contribution in [0.15, 0.2) is 23.2 Å². The lowest BCUT2D eigenvalue weighted by Gasteiger charge is -2.11. The van der Waals surface area contributed by atoms with E-state index in [0.717, 1.165) is 5.75 Å². The van der Waals surface area contributed by atoms with Crippen molar-refractivity contribution in [3.63, 3.8) is 0 Å². The summed E-state index contributed by atoms with van der Waals surface area (Å²) in [4.78, 5) is 4.18. The largest absolute Gasteiger partial charge is 0.388 e. The van der Waals surface area contributed by atoms with Crippen LogP contribution in [0.1, 0.15) is 12.6 Å². The summed E-state index contributed by atoms with van der Waals surface area (Å²) in [6.07, 6.45) is 3.25. The first-order valence-corrected chi connectivity index (χ1v) is 8.90. The van der Waals surface area contributed by atoms with Crippen molar-refractivity contribution >= 4 is 39.0 Å². The molecule has 1 rings (SSSR count). The normalized spacial score (nSPS) is 13.2. The number of thioether (sulfide) groups is 1. The number of sulfonamides is 1. The molecule has 3 N–H and O–H groups in total. The molecule has 1 unspecified atom stereocenters. The predicted molar refractivity (Wildman–Crippen MR) is 82.9 cm³/mol. The average molecular weight is 319 g/mol. The van der Waals surface area contributed by atoms with Gasteiger partial charge in [0.2, 0.25) is 10.0 Å². The van der Waals surface area contributed by atoms with Crippen LogP contribution in [0.4, 0.5) is 0 Å². The smallest absolute Gasteiger partial charge is 0.242 e. The van der Waals surface area contributed by atoms with Gasteiger partial charge in [-0.15, -0.1) is 0 Å². The van der Waals surface area contributed by atoms with E-state index in [9.17, 15) is 8.42 Å². The molecule has 0 bridgehead atoms. The molecule has 106 valence electrons. The Kier molecular flexibility index (Phi) is 6.18. The summed E-state index contributed by atoms with van der Waals surface area (Å²) in [5, 5.41) is 0. The summed E-state index contributed by atoms with van der Waals surface area (Å²) in [6.45, 7) is 2.40. The Morgan fingerprint density at radius 3 is 2.74 bits per heavy atom. The van der Waals surface area contributed by atoms with Crippen molar-refractivity contribution in [2.45, 2.75) is 11.8 Å². The number of hydrogen-bond donors (Lipinski definition) is 2. The summed E-state index contributed by atoms with van der Waals surface area (Å²) < 4.78 is 26.6. The van der Waals surface area contributed by atoms with Gasteiger partial charge in [-0.3, -0.25) is 4.98 Å². The number of nitrogens with two attached hydrogens (primary N) is 1. The first kappa shape index (κ1) is 16.4. The van der Waals surface area contributed by atoms with Crippen molar-refractivity contribution < 1.29 is 8.42 Å². The van der Waals surface area contributed by atoms with Gasteiger partial charge in [-0.2, -0.15) is 11.8 Å². The first-order valence-electron chi connectivity index (χ1n) is 5.61. The highest BCUT2D eigenvalue weighted by Gasteiger charge is 2.15. The second-order valence-electron chi connectivity index (χ2n) is 4.16. The number of nitrogens with zero attached hydrogens (tertiary/aromatic N) is 1. The molecule has 1 heterocycles. The third-order valence-electron chi connectivity index (χ3n) is 2.37. The number of rotatable bonds is 7. The number of pyridine rings is 1. The molecule has 19 heavy (non-hydrogen) atoms. The molecule has 0 saturated carbocycles. The molecule has 0 amide bonds. The van der Waals surface area contributed by atoms with Gasteiger partial charge < -0.3 is 5.73 Å². The highest BCUT2D eigenvalue weighted by molar-refractivity contribution is 7.98. The summed E-state index contributed by atoms with van der Waals surface area (Å²) in [5.74, 6) is 1.18. The van der Waals surface area contributed by atoms with Crippen molar-refractivity contribution in [3.8, 4) is 0 Å². The van der Waals surface area contributed by atoms with E-state index in [0.29, 0.717) is 12.2 Å². The van der Waals surface area contributed by atoms with Gasteiger partial charge in [0.15, 0.2) is 0 Å². The lowest BCUT2D eigenvalue weighted by atomic mass is 10.2. The van der Waals surface area contributed by atoms with Gasteiger partial charge in [0.05, 0.1) is 5.69 Å². The highest BCUT2D eigenvalue weighted by Crippen LogP contribution is 2.09. The van der Waals surface area contributed by atoms with E-state index in [4.69, 9.17) is 18.0 Å². The Morgan fingerprint density at radius 1 is 1.58 bits per heavy atom. The van der Waals surface area contributed by atoms with Crippen molar-refractivity contribution in [1.29, 1.82) is 0 Å². The fourth-order valence-electron chi connectivity index (χ4n) is 1.36. The molecular weight excluding hydrogens is 302 g/mol. The maximum absolute atomic E-state index is 12.0. The van der Waals surface area contributed by atoms with E-state index >= 15 is 0 Å². The molecule has 0 saturated heterocycles. The van der Waals surface area contributed by atoms with Crippen LogP contribution in [-0.4, -0.2) is 36.9 Å². The molecule has 0 fully saturated rings. The Hall–Kier alpha value is -0.700. The van der Waals surface area contributed by atoms with E-state index in [1.54, 1.807) is 11.8 Å². The zero-order valence-corrected chi connectivity index (χ0v) is 13.2. The highest BCUT2D eigenvalue weighted by atomic mass is 32.2. The van der Waals surface area contributed by atoms with Gasteiger partial charge in [-0.05, 0) is 30.1 Å². The summed E-state index contributed by atoms with van der Waals surface area (Å²) in [5.41, 5.74) is 5.81. The summed E-state index contributed by atoms with van der Waals surface area (Å²) >= 11 is 6.45. The second kappa shape index (κ2) is 7.18. The lowest BCUT2D eigenvalue weighted by Crippen LogP contribution is -2.29. The molecule has 0 aromatic carbocycles. The van der Waals surface area contributed by atoms with E-state index < -0.39 is 10.0 Å². The number of thiocarbonyl (C=S) groups is 1. The minimum absolute atomic E-state index is 0.115. The van der Waals surface area contributed by atoms with Crippen molar-refractivity contribution in [1.82, 2.24) is 9.71 Å². The van der Waals surface area contributed by atoms with Crippen LogP contribution in [0.25, 0.3) is 0 Å². The quantitative estimate of drug-likeness (QED) is 0.729. The first-order chi connectivity index (χ1) is 8.86. The molecule has 0 spiro atoms. The van der Waals surface area contributed by atoms with Gasteiger partial charge in [-0.25, -0.2) is 13.1 Å². The minimum atomic E-state index is -3.52. The zero-order chi connectivity index (χ0) is 14.5. The van der Waals surface area contributed by atoms with Crippen LogP contribution in [0.5, 0.6) is 0 Å². The van der Waals surface area contributed by atoms with Crippen LogP contribution < -0.4 is 10.5 Å². The molecule has 1 aromatic rings. The topological polar surface area (TPSA) is 85.1 Å². The van der Waals surface area contributed by atoms with Crippen molar-refractivity contribution in [3.05, 3.63) is 24.0 Å². The number of aromatic nitrogens is 1. The van der Waals surface area contributed by atoms with Crippen LogP contribution >= 0.6 is 24.0 Å². The molecule has 0 aliphatic heterocycles. The van der Waals surface area contributed by atoms with E-state index in [1.807, 2.05) is 13.2 Å². The fourth-order valence-corrected chi connectivity index (χ4v) is 3.28. The number of nitrogens with one attached hydrogen (secondary N) is 1. The fraction of sp³-hybridized carbons (Fsp3) is 0.455. The Labute approximate surface area is 123 Å². The zero-order valence-electron chi connectivity index (χ0n) is 10.8. The van der Waals surface area contributed by atoms with Crippen molar-refractivity contribution in [2.24, 2.45) is 11.7 Å². The molecule has 8 heteroatoms. The average Bonchev–Trinajstić information content (AvgIpc) is 2.37. The molecule has 0 radical (unpaired) electrons. The minimum Gasteiger partial charge on any atom is -0.388 e. The molecule has 0 aliphatic carbocycles. The summed E-state index contributed by atoms with van der Waals surface area (Å²) in [6, 6.07) is 2.95. The van der Waals surface area contributed by atoms with E-state index in [1.165, 1.54) is 18.3 Å². The molecule has 1 atom stereocenters. The van der Waals surface area contributed by atoms with E-state index in [2.05, 4.69) is 9.71 Å². The SMILES string of the molecule is CSCC(C)CNS(=O)(=O)c1ccc(C(N)=S)nc1. The Balaban J connectivity index is 2.74. The molecular formula is C11H17N3O2S3. The Morgan fingerprint density at radius 2 is 2.26 bits per heavy atom. The lowest BCUT2D eigenvalue weighted by molar-refractivity contribution is 0.562. The molecule has 5 nitrogen and oxygen atoms in total. The predicted octanol–water partition coefficient (Wildman–Crippen LogP) is 0.993. The van der Waals surface area contributed by atoms with Gasteiger partial charge in [0.1, 0.15) is 9.88 Å². The number of hydrogen-bond acceptors (Lipinski definition) is 5. The Bertz CT molecular complexity index is 529. The standard InChI is InChI=1S/C11H17N3O2S3/c1-8(7-18-2)5-14-19(15,16)9-3-4-10(11(12)17)13-6-9/h3-4,6,8,14H,5,7H2,1-2H3,(H2,12,17).